The molecular formula is C13H24N4. The first kappa shape index (κ1) is 13.7. The van der Waals surface area contributed by atoms with Crippen LogP contribution in [0.25, 0.3) is 0 Å². The van der Waals surface area contributed by atoms with Gasteiger partial charge < -0.3 is 10.2 Å². The summed E-state index contributed by atoms with van der Waals surface area (Å²) in [7, 11) is 0. The average Bonchev–Trinajstić information content (AvgIpc) is 2.37. The van der Waals surface area contributed by atoms with Crippen LogP contribution in [0.15, 0.2) is 12.4 Å². The van der Waals surface area contributed by atoms with E-state index in [0.29, 0.717) is 6.04 Å². The van der Waals surface area contributed by atoms with Crippen LogP contribution in [0.2, 0.25) is 0 Å². The maximum Gasteiger partial charge on any atom is 0.149 e. The molecule has 0 radical (unpaired) electrons. The van der Waals surface area contributed by atoms with Gasteiger partial charge in [0, 0.05) is 19.1 Å². The van der Waals surface area contributed by atoms with Crippen LogP contribution in [0.1, 0.15) is 40.5 Å². The van der Waals surface area contributed by atoms with E-state index in [2.05, 4.69) is 47.9 Å². The first-order chi connectivity index (χ1) is 8.22. The molecule has 0 aliphatic rings. The number of rotatable bonds is 7. The van der Waals surface area contributed by atoms with Gasteiger partial charge in [0.15, 0.2) is 0 Å². The van der Waals surface area contributed by atoms with E-state index in [9.17, 15) is 0 Å². The molecule has 1 unspecified atom stereocenters. The number of hydrogen-bond donors (Lipinski definition) is 1. The minimum atomic E-state index is 0.496. The van der Waals surface area contributed by atoms with Crippen molar-refractivity contribution in [2.45, 2.75) is 46.6 Å². The minimum absolute atomic E-state index is 0.496. The minimum Gasteiger partial charge on any atom is -0.369 e. The fourth-order valence-electron chi connectivity index (χ4n) is 1.75. The maximum atomic E-state index is 4.60. The summed E-state index contributed by atoms with van der Waals surface area (Å²) in [5.74, 6) is 1.83. The van der Waals surface area contributed by atoms with Crippen LogP contribution in [-0.4, -0.2) is 29.1 Å². The highest BCUT2D eigenvalue weighted by molar-refractivity contribution is 5.44. The fourth-order valence-corrected chi connectivity index (χ4v) is 1.75. The Hall–Kier alpha value is -1.32. The second-order valence-electron chi connectivity index (χ2n) is 4.23. The largest absolute Gasteiger partial charge is 0.369 e. The molecule has 1 atom stereocenters. The molecule has 0 aliphatic heterocycles. The quantitative estimate of drug-likeness (QED) is 0.790. The average molecular weight is 236 g/mol. The molecule has 0 saturated heterocycles. The molecule has 1 N–H and O–H groups in total. The summed E-state index contributed by atoms with van der Waals surface area (Å²) in [4.78, 5) is 11.1. The summed E-state index contributed by atoms with van der Waals surface area (Å²) in [6.07, 6.45) is 5.83. The van der Waals surface area contributed by atoms with Crippen LogP contribution in [0.5, 0.6) is 0 Å². The van der Waals surface area contributed by atoms with Crippen LogP contribution in [0.3, 0.4) is 0 Å². The third kappa shape index (κ3) is 3.88. The van der Waals surface area contributed by atoms with Gasteiger partial charge in [-0.3, -0.25) is 4.98 Å². The van der Waals surface area contributed by atoms with E-state index in [1.807, 2.05) is 6.20 Å². The maximum absolute atomic E-state index is 4.60. The van der Waals surface area contributed by atoms with Crippen molar-refractivity contribution in [3.8, 4) is 0 Å². The van der Waals surface area contributed by atoms with Gasteiger partial charge in [-0.05, 0) is 26.7 Å². The summed E-state index contributed by atoms with van der Waals surface area (Å²) in [6.45, 7) is 10.6. The molecule has 17 heavy (non-hydrogen) atoms. The van der Waals surface area contributed by atoms with E-state index in [0.717, 1.165) is 37.6 Å². The Morgan fingerprint density at radius 1 is 1.29 bits per heavy atom. The van der Waals surface area contributed by atoms with Gasteiger partial charge in [0.1, 0.15) is 11.6 Å². The van der Waals surface area contributed by atoms with Gasteiger partial charge in [0.25, 0.3) is 0 Å². The smallest absolute Gasteiger partial charge is 0.149 e. The third-order valence-corrected chi connectivity index (χ3v) is 2.94. The molecule has 0 bridgehead atoms. The Labute approximate surface area is 104 Å². The van der Waals surface area contributed by atoms with Gasteiger partial charge in [-0.2, -0.15) is 0 Å². The molecule has 1 aromatic heterocycles. The molecule has 1 aromatic rings. The molecule has 4 nitrogen and oxygen atoms in total. The predicted octanol–water partition coefficient (Wildman–Crippen LogP) is 2.92. The number of hydrogen-bond acceptors (Lipinski definition) is 4. The van der Waals surface area contributed by atoms with Crippen molar-refractivity contribution < 1.29 is 0 Å². The Bertz CT molecular complexity index is 327. The van der Waals surface area contributed by atoms with E-state index >= 15 is 0 Å². The fraction of sp³-hybridized carbons (Fsp3) is 0.692. The van der Waals surface area contributed by atoms with Gasteiger partial charge in [-0.25, -0.2) is 4.98 Å². The van der Waals surface area contributed by atoms with Gasteiger partial charge in [-0.15, -0.1) is 0 Å². The van der Waals surface area contributed by atoms with Crippen LogP contribution < -0.4 is 10.2 Å². The van der Waals surface area contributed by atoms with Gasteiger partial charge in [0.05, 0.1) is 12.4 Å². The first-order valence-electron chi connectivity index (χ1n) is 6.55. The number of nitrogens with zero attached hydrogens (tertiary/aromatic N) is 3. The van der Waals surface area contributed by atoms with E-state index < -0.39 is 0 Å². The van der Waals surface area contributed by atoms with Crippen LogP contribution in [-0.2, 0) is 0 Å². The van der Waals surface area contributed by atoms with Gasteiger partial charge in [0.2, 0.25) is 0 Å². The molecule has 0 aliphatic carbocycles. The van der Waals surface area contributed by atoms with Crippen LogP contribution in [0, 0.1) is 0 Å². The summed E-state index contributed by atoms with van der Waals surface area (Å²) >= 11 is 0. The second kappa shape index (κ2) is 7.09. The van der Waals surface area contributed by atoms with Crippen LogP contribution >= 0.6 is 0 Å². The van der Waals surface area contributed by atoms with Crippen LogP contribution in [0.4, 0.5) is 11.6 Å². The Kier molecular flexibility index (Phi) is 5.73. The monoisotopic (exact) mass is 236 g/mol. The van der Waals surface area contributed by atoms with Crippen molar-refractivity contribution in [1.82, 2.24) is 9.97 Å². The highest BCUT2D eigenvalue weighted by Gasteiger charge is 2.12. The summed E-state index contributed by atoms with van der Waals surface area (Å²) in [5.41, 5.74) is 0. The van der Waals surface area contributed by atoms with E-state index in [4.69, 9.17) is 0 Å². The predicted molar refractivity (Wildman–Crippen MR) is 73.6 cm³/mol. The molecule has 96 valence electrons. The van der Waals surface area contributed by atoms with Crippen molar-refractivity contribution in [3.63, 3.8) is 0 Å². The molecule has 0 spiro atoms. The standard InChI is InChI=1S/C13H24N4/c1-5-8-15-12-9-14-10-13(16-12)17(7-3)11(4)6-2/h9-11H,5-8H2,1-4H3,(H,15,16). The highest BCUT2D eigenvalue weighted by Crippen LogP contribution is 2.16. The summed E-state index contributed by atoms with van der Waals surface area (Å²) in [6, 6.07) is 0.496. The van der Waals surface area contributed by atoms with Crippen molar-refractivity contribution in [3.05, 3.63) is 12.4 Å². The lowest BCUT2D eigenvalue weighted by Crippen LogP contribution is -2.33. The lowest BCUT2D eigenvalue weighted by Gasteiger charge is -2.28. The lowest BCUT2D eigenvalue weighted by atomic mass is 10.2. The Balaban J connectivity index is 2.81. The van der Waals surface area contributed by atoms with Gasteiger partial charge >= 0.3 is 0 Å². The van der Waals surface area contributed by atoms with Crippen molar-refractivity contribution >= 4 is 11.6 Å². The normalized spacial score (nSPS) is 12.2. The number of aromatic nitrogens is 2. The summed E-state index contributed by atoms with van der Waals surface area (Å²) in [5, 5.41) is 3.27. The zero-order chi connectivity index (χ0) is 12.7. The van der Waals surface area contributed by atoms with Crippen molar-refractivity contribution in [1.29, 1.82) is 0 Å². The molecule has 0 amide bonds. The molecule has 4 heteroatoms. The van der Waals surface area contributed by atoms with E-state index in [1.165, 1.54) is 0 Å². The zero-order valence-electron chi connectivity index (χ0n) is 11.4. The zero-order valence-corrected chi connectivity index (χ0v) is 11.4. The Morgan fingerprint density at radius 3 is 2.65 bits per heavy atom. The summed E-state index contributed by atoms with van der Waals surface area (Å²) < 4.78 is 0. The van der Waals surface area contributed by atoms with Crippen molar-refractivity contribution in [2.75, 3.05) is 23.3 Å². The highest BCUT2D eigenvalue weighted by atomic mass is 15.2. The molecule has 0 saturated carbocycles. The molecule has 1 heterocycles. The first-order valence-corrected chi connectivity index (χ1v) is 6.55. The SMILES string of the molecule is CCCNc1cncc(N(CC)C(C)CC)n1. The number of nitrogens with one attached hydrogen (secondary N) is 1. The van der Waals surface area contributed by atoms with Crippen molar-refractivity contribution in [2.24, 2.45) is 0 Å². The topological polar surface area (TPSA) is 41.1 Å². The number of anilines is 2. The second-order valence-corrected chi connectivity index (χ2v) is 4.23. The lowest BCUT2D eigenvalue weighted by molar-refractivity contribution is 0.622. The Morgan fingerprint density at radius 2 is 2.06 bits per heavy atom. The van der Waals surface area contributed by atoms with Gasteiger partial charge in [-0.1, -0.05) is 13.8 Å². The van der Waals surface area contributed by atoms with E-state index in [-0.39, 0.29) is 0 Å². The molecule has 0 aromatic carbocycles. The van der Waals surface area contributed by atoms with E-state index in [1.54, 1.807) is 6.20 Å². The molecule has 1 rings (SSSR count). The molecular weight excluding hydrogens is 212 g/mol. The molecule has 0 fully saturated rings. The third-order valence-electron chi connectivity index (χ3n) is 2.94.